The maximum Gasteiger partial charge on any atom is 0.0973 e. The molecule has 0 radical (unpaired) electrons. The van der Waals surface area contributed by atoms with Gasteiger partial charge in [0.05, 0.1) is 22.4 Å². The molecule has 2 heterocycles. The van der Waals surface area contributed by atoms with Crippen molar-refractivity contribution in [1.29, 1.82) is 0 Å². The summed E-state index contributed by atoms with van der Waals surface area (Å²) < 4.78 is 0. The Morgan fingerprint density at radius 3 is 1.36 bits per heavy atom. The molecule has 0 fully saturated rings. The third-order valence-electron chi connectivity index (χ3n) is 7.73. The van der Waals surface area contributed by atoms with Crippen LogP contribution in [0.15, 0.2) is 140 Å². The molecule has 0 saturated carbocycles. The second-order valence-electron chi connectivity index (χ2n) is 10.7. The van der Waals surface area contributed by atoms with Gasteiger partial charge in [-0.1, -0.05) is 120 Å². The van der Waals surface area contributed by atoms with E-state index in [2.05, 4.69) is 134 Å². The summed E-state index contributed by atoms with van der Waals surface area (Å²) in [6, 6.07) is 44.7. The Kier molecular flexibility index (Phi) is 6.61. The van der Waals surface area contributed by atoms with Crippen LogP contribution < -0.4 is 0 Å². The number of pyridine rings is 1. The smallest absolute Gasteiger partial charge is 0.0973 e. The topological polar surface area (TPSA) is 38.7 Å². The van der Waals surface area contributed by atoms with Gasteiger partial charge in [-0.25, -0.2) is 9.97 Å². The summed E-state index contributed by atoms with van der Waals surface area (Å²) in [5.74, 6) is 0. The summed E-state index contributed by atoms with van der Waals surface area (Å²) in [5.41, 5.74) is 14.8. The predicted octanol–water partition coefficient (Wildman–Crippen LogP) is 9.98. The first-order valence-corrected chi connectivity index (χ1v) is 14.2. The molecule has 2 aromatic heterocycles. The highest BCUT2D eigenvalue weighted by atomic mass is 14.8. The van der Waals surface area contributed by atoms with Crippen LogP contribution in [-0.2, 0) is 0 Å². The van der Waals surface area contributed by atoms with Crippen molar-refractivity contribution in [1.82, 2.24) is 15.0 Å². The molecular formula is C39H29N3. The van der Waals surface area contributed by atoms with E-state index in [0.717, 1.165) is 66.9 Å². The van der Waals surface area contributed by atoms with Crippen molar-refractivity contribution in [3.8, 4) is 55.9 Å². The highest BCUT2D eigenvalue weighted by Crippen LogP contribution is 2.38. The maximum atomic E-state index is 5.30. The first-order chi connectivity index (χ1) is 20.6. The van der Waals surface area contributed by atoms with Gasteiger partial charge >= 0.3 is 0 Å². The fourth-order valence-corrected chi connectivity index (χ4v) is 5.40. The minimum atomic E-state index is 0.865. The van der Waals surface area contributed by atoms with Gasteiger partial charge in [0.1, 0.15) is 0 Å². The Morgan fingerprint density at radius 1 is 0.405 bits per heavy atom. The number of hydrogen-bond donors (Lipinski definition) is 0. The van der Waals surface area contributed by atoms with Crippen LogP contribution in [-0.4, -0.2) is 15.0 Å². The number of aromatic nitrogens is 3. The van der Waals surface area contributed by atoms with E-state index in [-0.39, 0.29) is 0 Å². The normalized spacial score (nSPS) is 11.1. The maximum absolute atomic E-state index is 5.30. The van der Waals surface area contributed by atoms with Crippen molar-refractivity contribution >= 4 is 11.0 Å². The van der Waals surface area contributed by atoms with Crippen LogP contribution in [0.1, 0.15) is 11.1 Å². The molecule has 0 amide bonds. The number of nitrogens with zero attached hydrogens (tertiary/aromatic N) is 3. The summed E-state index contributed by atoms with van der Waals surface area (Å²) >= 11 is 0. The average Bonchev–Trinajstić information content (AvgIpc) is 3.05. The molecular weight excluding hydrogens is 510 g/mol. The molecule has 5 aromatic carbocycles. The van der Waals surface area contributed by atoms with Gasteiger partial charge in [-0.15, -0.1) is 0 Å². The SMILES string of the molecule is Cc1ccc(-c2cc3nc(-c4ccccc4)c(-c4ccc(-c5cccnc5)cc4)nc3cc2-c2ccc(C)cc2)cc1. The van der Waals surface area contributed by atoms with E-state index < -0.39 is 0 Å². The predicted molar refractivity (Wildman–Crippen MR) is 174 cm³/mol. The Hall–Kier alpha value is -5.41. The van der Waals surface area contributed by atoms with Crippen LogP contribution in [0.4, 0.5) is 0 Å². The van der Waals surface area contributed by atoms with E-state index >= 15 is 0 Å². The van der Waals surface area contributed by atoms with Gasteiger partial charge in [0, 0.05) is 23.5 Å². The second kappa shape index (κ2) is 10.9. The van der Waals surface area contributed by atoms with Crippen molar-refractivity contribution in [2.75, 3.05) is 0 Å². The van der Waals surface area contributed by atoms with Crippen LogP contribution in [0.25, 0.3) is 66.9 Å². The number of fused-ring (bicyclic) bond motifs is 1. The number of rotatable bonds is 5. The van der Waals surface area contributed by atoms with Crippen molar-refractivity contribution in [2.45, 2.75) is 13.8 Å². The van der Waals surface area contributed by atoms with E-state index in [1.165, 1.54) is 11.1 Å². The van der Waals surface area contributed by atoms with Gasteiger partial charge in [0.2, 0.25) is 0 Å². The molecule has 3 nitrogen and oxygen atoms in total. The van der Waals surface area contributed by atoms with Crippen LogP contribution in [0.3, 0.4) is 0 Å². The summed E-state index contributed by atoms with van der Waals surface area (Å²) in [5, 5.41) is 0. The molecule has 0 spiro atoms. The minimum Gasteiger partial charge on any atom is -0.264 e. The summed E-state index contributed by atoms with van der Waals surface area (Å²) in [7, 11) is 0. The Balaban J connectivity index is 1.45. The molecule has 0 bridgehead atoms. The lowest BCUT2D eigenvalue weighted by atomic mass is 9.92. The first kappa shape index (κ1) is 25.6. The largest absolute Gasteiger partial charge is 0.264 e. The van der Waals surface area contributed by atoms with E-state index in [9.17, 15) is 0 Å². The molecule has 42 heavy (non-hydrogen) atoms. The van der Waals surface area contributed by atoms with Crippen LogP contribution in [0, 0.1) is 13.8 Å². The molecule has 0 unspecified atom stereocenters. The Labute approximate surface area is 246 Å². The molecule has 200 valence electrons. The molecule has 7 rings (SSSR count). The molecule has 7 aromatic rings. The van der Waals surface area contributed by atoms with Gasteiger partial charge < -0.3 is 0 Å². The second-order valence-corrected chi connectivity index (χ2v) is 10.7. The lowest BCUT2D eigenvalue weighted by Crippen LogP contribution is -1.97. The molecule has 0 aliphatic rings. The molecule has 3 heteroatoms. The fourth-order valence-electron chi connectivity index (χ4n) is 5.40. The van der Waals surface area contributed by atoms with Crippen molar-refractivity contribution in [3.05, 3.63) is 151 Å². The van der Waals surface area contributed by atoms with Crippen LogP contribution in [0.5, 0.6) is 0 Å². The van der Waals surface area contributed by atoms with Crippen LogP contribution in [0.2, 0.25) is 0 Å². The standard InChI is InChI=1S/C39H29N3/c1-26-10-14-29(15-11-26)34-23-36-37(24-35(34)30-16-12-27(2)13-17-30)42-39(38(41-36)31-7-4-3-5-8-31)32-20-18-28(19-21-32)33-9-6-22-40-25-33/h3-25H,1-2H3. The van der Waals surface area contributed by atoms with Gasteiger partial charge in [0.25, 0.3) is 0 Å². The summed E-state index contributed by atoms with van der Waals surface area (Å²) in [4.78, 5) is 14.9. The van der Waals surface area contributed by atoms with Crippen molar-refractivity contribution in [2.24, 2.45) is 0 Å². The quantitative estimate of drug-likeness (QED) is 0.218. The van der Waals surface area contributed by atoms with Crippen molar-refractivity contribution < 1.29 is 0 Å². The van der Waals surface area contributed by atoms with Gasteiger partial charge in [-0.05, 0) is 65.4 Å². The molecule has 0 saturated heterocycles. The average molecular weight is 540 g/mol. The summed E-state index contributed by atoms with van der Waals surface area (Å²) in [6.45, 7) is 4.24. The van der Waals surface area contributed by atoms with Crippen LogP contribution >= 0.6 is 0 Å². The lowest BCUT2D eigenvalue weighted by Gasteiger charge is -2.15. The zero-order chi connectivity index (χ0) is 28.5. The minimum absolute atomic E-state index is 0.865. The van der Waals surface area contributed by atoms with E-state index in [1.807, 2.05) is 18.3 Å². The number of benzene rings is 5. The van der Waals surface area contributed by atoms with E-state index in [1.54, 1.807) is 6.20 Å². The van der Waals surface area contributed by atoms with Gasteiger partial charge in [0.15, 0.2) is 0 Å². The first-order valence-electron chi connectivity index (χ1n) is 14.2. The molecule has 0 N–H and O–H groups in total. The zero-order valence-corrected chi connectivity index (χ0v) is 23.6. The zero-order valence-electron chi connectivity index (χ0n) is 23.6. The third kappa shape index (κ3) is 4.97. The number of hydrogen-bond acceptors (Lipinski definition) is 3. The lowest BCUT2D eigenvalue weighted by molar-refractivity contribution is 1.29. The molecule has 0 aliphatic heterocycles. The fraction of sp³-hybridized carbons (Fsp3) is 0.0513. The Morgan fingerprint density at radius 2 is 0.857 bits per heavy atom. The van der Waals surface area contributed by atoms with Gasteiger partial charge in [-0.3, -0.25) is 4.98 Å². The third-order valence-corrected chi connectivity index (χ3v) is 7.73. The molecule has 0 aliphatic carbocycles. The Bertz CT molecular complexity index is 2000. The summed E-state index contributed by atoms with van der Waals surface area (Å²) in [6.07, 6.45) is 3.68. The molecule has 0 atom stereocenters. The number of aryl methyl sites for hydroxylation is 2. The van der Waals surface area contributed by atoms with Crippen molar-refractivity contribution in [3.63, 3.8) is 0 Å². The van der Waals surface area contributed by atoms with E-state index in [4.69, 9.17) is 9.97 Å². The van der Waals surface area contributed by atoms with Gasteiger partial charge in [-0.2, -0.15) is 0 Å². The highest BCUT2D eigenvalue weighted by Gasteiger charge is 2.17. The highest BCUT2D eigenvalue weighted by molar-refractivity contribution is 5.96. The van der Waals surface area contributed by atoms with E-state index in [0.29, 0.717) is 0 Å². The monoisotopic (exact) mass is 539 g/mol.